The molecule has 0 unspecified atom stereocenters. The van der Waals surface area contributed by atoms with E-state index >= 15 is 0 Å². The first-order chi connectivity index (χ1) is 10.00. The summed E-state index contributed by atoms with van der Waals surface area (Å²) in [7, 11) is 0. The minimum Gasteiger partial charge on any atom is -0.322 e. The van der Waals surface area contributed by atoms with Gasteiger partial charge in [0.05, 0.1) is 11.8 Å². The fourth-order valence-corrected chi connectivity index (χ4v) is 2.59. The molecule has 3 nitrogen and oxygen atoms in total. The second-order valence-corrected chi connectivity index (χ2v) is 5.29. The molecule has 0 saturated heterocycles. The molecule has 6 heteroatoms. The van der Waals surface area contributed by atoms with E-state index in [0.717, 1.165) is 37.8 Å². The number of benzene rings is 1. The molecule has 0 bridgehead atoms. The molecule has 0 heterocycles. The largest absolute Gasteiger partial charge is 0.322 e. The van der Waals surface area contributed by atoms with Gasteiger partial charge in [0, 0.05) is 0 Å². The van der Waals surface area contributed by atoms with E-state index in [4.69, 9.17) is 0 Å². The average molecular weight is 296 g/mol. The van der Waals surface area contributed by atoms with Crippen molar-refractivity contribution in [2.24, 2.45) is 5.41 Å². The Morgan fingerprint density at radius 2 is 1.71 bits per heavy atom. The molecule has 1 aromatic carbocycles. The summed E-state index contributed by atoms with van der Waals surface area (Å²) in [5.41, 5.74) is -1.67. The van der Waals surface area contributed by atoms with Crippen molar-refractivity contribution in [3.63, 3.8) is 0 Å². The Bertz CT molecular complexity index is 587. The minimum atomic E-state index is -1.64. The predicted octanol–water partition coefficient (Wildman–Crippen LogP) is 3.91. The van der Waals surface area contributed by atoms with Gasteiger partial charge < -0.3 is 5.32 Å². The molecule has 0 aromatic heterocycles. The molecule has 1 aromatic rings. The fraction of sp³-hybridized carbons (Fsp3) is 0.467. The highest BCUT2D eigenvalue weighted by Crippen LogP contribution is 2.36. The molecule has 1 aliphatic carbocycles. The Labute approximate surface area is 120 Å². The van der Waals surface area contributed by atoms with Gasteiger partial charge in [0.2, 0.25) is 5.91 Å². The standard InChI is InChI=1S/C15H15F3N2O/c16-10-5-6-11(13(18)12(10)17)20-14(21)15(9-19)7-3-1-2-4-8-15/h5-6H,1-4,7-8H2,(H,20,21). The number of hydrogen-bond donors (Lipinski definition) is 1. The molecule has 1 aliphatic rings. The van der Waals surface area contributed by atoms with Crippen LogP contribution in [0.5, 0.6) is 0 Å². The van der Waals surface area contributed by atoms with Crippen molar-refractivity contribution < 1.29 is 18.0 Å². The summed E-state index contributed by atoms with van der Waals surface area (Å²) in [4.78, 5) is 12.3. The van der Waals surface area contributed by atoms with E-state index < -0.39 is 34.5 Å². The highest BCUT2D eigenvalue weighted by molar-refractivity contribution is 5.97. The van der Waals surface area contributed by atoms with Crippen LogP contribution >= 0.6 is 0 Å². The zero-order chi connectivity index (χ0) is 15.5. The van der Waals surface area contributed by atoms with Gasteiger partial charge >= 0.3 is 0 Å². The van der Waals surface area contributed by atoms with Crippen LogP contribution in [0.15, 0.2) is 12.1 Å². The molecule has 2 rings (SSSR count). The number of nitriles is 1. The highest BCUT2D eigenvalue weighted by atomic mass is 19.2. The Kier molecular flexibility index (Phi) is 4.51. The number of carbonyl (C=O) groups is 1. The van der Waals surface area contributed by atoms with Crippen molar-refractivity contribution in [3.8, 4) is 6.07 Å². The average Bonchev–Trinajstić information content (AvgIpc) is 2.74. The summed E-state index contributed by atoms with van der Waals surface area (Å²) in [6.45, 7) is 0. The number of nitrogens with one attached hydrogen (secondary N) is 1. The summed E-state index contributed by atoms with van der Waals surface area (Å²) in [5.74, 6) is -5.07. The quantitative estimate of drug-likeness (QED) is 0.664. The second kappa shape index (κ2) is 6.17. The van der Waals surface area contributed by atoms with Crippen LogP contribution in [-0.4, -0.2) is 5.91 Å². The zero-order valence-corrected chi connectivity index (χ0v) is 11.4. The summed E-state index contributed by atoms with van der Waals surface area (Å²) >= 11 is 0. The Hall–Kier alpha value is -2.03. The summed E-state index contributed by atoms with van der Waals surface area (Å²) < 4.78 is 39.6. The molecule has 21 heavy (non-hydrogen) atoms. The first-order valence-electron chi connectivity index (χ1n) is 6.86. The van der Waals surface area contributed by atoms with Gasteiger partial charge in [-0.25, -0.2) is 13.2 Å². The molecule has 1 fully saturated rings. The van der Waals surface area contributed by atoms with Gasteiger partial charge in [0.1, 0.15) is 5.41 Å². The molecule has 0 spiro atoms. The van der Waals surface area contributed by atoms with Crippen LogP contribution in [0.25, 0.3) is 0 Å². The van der Waals surface area contributed by atoms with Crippen molar-refractivity contribution in [3.05, 3.63) is 29.6 Å². The normalized spacial score (nSPS) is 17.6. The molecular weight excluding hydrogens is 281 g/mol. The zero-order valence-electron chi connectivity index (χ0n) is 11.4. The maximum absolute atomic E-state index is 13.6. The third-order valence-electron chi connectivity index (χ3n) is 3.89. The van der Waals surface area contributed by atoms with Crippen LogP contribution < -0.4 is 5.32 Å². The second-order valence-electron chi connectivity index (χ2n) is 5.29. The third kappa shape index (κ3) is 3.02. The van der Waals surface area contributed by atoms with Gasteiger partial charge in [-0.1, -0.05) is 25.7 Å². The summed E-state index contributed by atoms with van der Waals surface area (Å²) in [6.07, 6.45) is 4.14. The summed E-state index contributed by atoms with van der Waals surface area (Å²) in [5, 5.41) is 11.6. The molecule has 0 radical (unpaired) electrons. The topological polar surface area (TPSA) is 52.9 Å². The molecule has 1 N–H and O–H groups in total. The van der Waals surface area contributed by atoms with Crippen molar-refractivity contribution >= 4 is 11.6 Å². The number of rotatable bonds is 2. The van der Waals surface area contributed by atoms with E-state index in [-0.39, 0.29) is 0 Å². The number of amides is 1. The van der Waals surface area contributed by atoms with E-state index in [1.165, 1.54) is 0 Å². The van der Waals surface area contributed by atoms with Crippen LogP contribution in [0.3, 0.4) is 0 Å². The van der Waals surface area contributed by atoms with E-state index in [0.29, 0.717) is 12.8 Å². The van der Waals surface area contributed by atoms with Gasteiger partial charge in [0.25, 0.3) is 0 Å². The van der Waals surface area contributed by atoms with Crippen LogP contribution in [0.2, 0.25) is 0 Å². The lowest BCUT2D eigenvalue weighted by atomic mass is 9.81. The number of hydrogen-bond acceptors (Lipinski definition) is 2. The van der Waals surface area contributed by atoms with Crippen molar-refractivity contribution in [1.82, 2.24) is 0 Å². The molecule has 0 atom stereocenters. The lowest BCUT2D eigenvalue weighted by Gasteiger charge is -2.23. The van der Waals surface area contributed by atoms with Gasteiger partial charge in [-0.05, 0) is 25.0 Å². The smallest absolute Gasteiger partial charge is 0.244 e. The van der Waals surface area contributed by atoms with Gasteiger partial charge in [-0.3, -0.25) is 4.79 Å². The van der Waals surface area contributed by atoms with E-state index in [1.807, 2.05) is 6.07 Å². The molecule has 1 amide bonds. The van der Waals surface area contributed by atoms with E-state index in [9.17, 15) is 23.2 Å². The lowest BCUT2D eigenvalue weighted by Crippen LogP contribution is -2.35. The van der Waals surface area contributed by atoms with Gasteiger partial charge in [0.15, 0.2) is 17.5 Å². The first-order valence-corrected chi connectivity index (χ1v) is 6.86. The monoisotopic (exact) mass is 296 g/mol. The number of nitrogens with zero attached hydrogens (tertiary/aromatic N) is 1. The SMILES string of the molecule is N#CC1(C(=O)Nc2ccc(F)c(F)c2F)CCCCCC1. The van der Waals surface area contributed by atoms with Gasteiger partial charge in [-0.2, -0.15) is 5.26 Å². The third-order valence-corrected chi connectivity index (χ3v) is 3.89. The van der Waals surface area contributed by atoms with Crippen molar-refractivity contribution in [2.75, 3.05) is 5.32 Å². The number of anilines is 1. The summed E-state index contributed by atoms with van der Waals surface area (Å²) in [6, 6.07) is 3.71. The fourth-order valence-electron chi connectivity index (χ4n) is 2.59. The van der Waals surface area contributed by atoms with E-state index in [2.05, 4.69) is 5.32 Å². The van der Waals surface area contributed by atoms with Crippen LogP contribution in [0, 0.1) is 34.2 Å². The molecule has 0 aliphatic heterocycles. The lowest BCUT2D eigenvalue weighted by molar-refractivity contribution is -0.123. The van der Waals surface area contributed by atoms with Gasteiger partial charge in [-0.15, -0.1) is 0 Å². The molecular formula is C15H15F3N2O. The predicted molar refractivity (Wildman–Crippen MR) is 70.7 cm³/mol. The van der Waals surface area contributed by atoms with Crippen LogP contribution in [0.1, 0.15) is 38.5 Å². The molecule has 1 saturated carbocycles. The number of halogens is 3. The minimum absolute atomic E-state index is 0.390. The van der Waals surface area contributed by atoms with Crippen molar-refractivity contribution in [2.45, 2.75) is 38.5 Å². The number of carbonyl (C=O) groups excluding carboxylic acids is 1. The Morgan fingerprint density at radius 1 is 1.10 bits per heavy atom. The van der Waals surface area contributed by atoms with Crippen LogP contribution in [0.4, 0.5) is 18.9 Å². The Balaban J connectivity index is 2.24. The highest BCUT2D eigenvalue weighted by Gasteiger charge is 2.39. The van der Waals surface area contributed by atoms with E-state index in [1.54, 1.807) is 0 Å². The molecule has 112 valence electrons. The van der Waals surface area contributed by atoms with Crippen molar-refractivity contribution in [1.29, 1.82) is 5.26 Å². The first kappa shape index (κ1) is 15.4. The maximum Gasteiger partial charge on any atom is 0.244 e. The van der Waals surface area contributed by atoms with Crippen LogP contribution in [-0.2, 0) is 4.79 Å². The maximum atomic E-state index is 13.6. The Morgan fingerprint density at radius 3 is 2.29 bits per heavy atom.